The minimum atomic E-state index is -0.213. The van der Waals surface area contributed by atoms with Crippen molar-refractivity contribution < 1.29 is 9.13 Å². The van der Waals surface area contributed by atoms with Gasteiger partial charge in [0.1, 0.15) is 0 Å². The summed E-state index contributed by atoms with van der Waals surface area (Å²) < 4.78 is 19.0. The monoisotopic (exact) mass is 237 g/mol. The van der Waals surface area contributed by atoms with Gasteiger partial charge >= 0.3 is 0 Å². The third kappa shape index (κ3) is 2.78. The van der Waals surface area contributed by atoms with Gasteiger partial charge < -0.3 is 10.1 Å². The second-order valence-electron chi connectivity index (χ2n) is 4.82. The summed E-state index contributed by atoms with van der Waals surface area (Å²) in [4.78, 5) is 0. The molecule has 17 heavy (non-hydrogen) atoms. The smallest absolute Gasteiger partial charge is 0.168 e. The molecule has 2 nitrogen and oxygen atoms in total. The topological polar surface area (TPSA) is 21.3 Å². The molecule has 0 radical (unpaired) electrons. The predicted octanol–water partition coefficient (Wildman–Crippen LogP) is 2.76. The molecule has 1 aliphatic rings. The minimum Gasteiger partial charge on any atom is -0.494 e. The van der Waals surface area contributed by atoms with E-state index in [2.05, 4.69) is 12.2 Å². The molecule has 1 saturated heterocycles. The number of rotatable bonds is 3. The standard InChI is InChI=1S/C14H20FNO/c1-10-5-4-8-16-12(10)9-11-6-3-7-13(17-2)14(11)15/h3,6-7,10,12,16H,4-5,8-9H2,1-2H3. The van der Waals surface area contributed by atoms with Crippen LogP contribution >= 0.6 is 0 Å². The van der Waals surface area contributed by atoms with E-state index in [0.29, 0.717) is 17.7 Å². The number of hydrogen-bond donors (Lipinski definition) is 1. The zero-order chi connectivity index (χ0) is 12.3. The van der Waals surface area contributed by atoms with Crippen LogP contribution in [0.1, 0.15) is 25.3 Å². The number of benzene rings is 1. The Kier molecular flexibility index (Phi) is 4.00. The van der Waals surface area contributed by atoms with Gasteiger partial charge in [0.25, 0.3) is 0 Å². The van der Waals surface area contributed by atoms with Crippen LogP contribution in [0.15, 0.2) is 18.2 Å². The molecular weight excluding hydrogens is 217 g/mol. The van der Waals surface area contributed by atoms with Gasteiger partial charge in [-0.2, -0.15) is 0 Å². The Labute approximate surface area is 102 Å². The maximum absolute atomic E-state index is 14.0. The van der Waals surface area contributed by atoms with E-state index in [4.69, 9.17) is 4.74 Å². The van der Waals surface area contributed by atoms with E-state index in [1.165, 1.54) is 20.0 Å². The molecule has 0 aliphatic carbocycles. The summed E-state index contributed by atoms with van der Waals surface area (Å²) in [5.41, 5.74) is 0.746. The number of methoxy groups -OCH3 is 1. The molecule has 2 rings (SSSR count). The predicted molar refractivity (Wildman–Crippen MR) is 66.8 cm³/mol. The molecule has 1 N–H and O–H groups in total. The molecule has 2 unspecified atom stereocenters. The van der Waals surface area contributed by atoms with Gasteiger partial charge in [-0.1, -0.05) is 19.1 Å². The molecule has 1 heterocycles. The van der Waals surface area contributed by atoms with Gasteiger partial charge in [-0.05, 0) is 43.4 Å². The van der Waals surface area contributed by atoms with E-state index in [1.54, 1.807) is 6.07 Å². The van der Waals surface area contributed by atoms with Crippen LogP contribution in [0.3, 0.4) is 0 Å². The largest absolute Gasteiger partial charge is 0.494 e. The molecular formula is C14H20FNO. The van der Waals surface area contributed by atoms with Gasteiger partial charge in [-0.15, -0.1) is 0 Å². The molecule has 3 heteroatoms. The van der Waals surface area contributed by atoms with E-state index in [1.807, 2.05) is 12.1 Å². The summed E-state index contributed by atoms with van der Waals surface area (Å²) in [5, 5.41) is 3.47. The van der Waals surface area contributed by atoms with Gasteiger partial charge in [0, 0.05) is 6.04 Å². The van der Waals surface area contributed by atoms with Gasteiger partial charge in [-0.25, -0.2) is 4.39 Å². The molecule has 0 aromatic heterocycles. The van der Waals surface area contributed by atoms with Crippen LogP contribution in [0.2, 0.25) is 0 Å². The fourth-order valence-corrected chi connectivity index (χ4v) is 2.50. The molecule has 0 spiro atoms. The van der Waals surface area contributed by atoms with E-state index >= 15 is 0 Å². The first-order chi connectivity index (χ1) is 8.22. The Morgan fingerprint density at radius 1 is 1.47 bits per heavy atom. The molecule has 1 aromatic carbocycles. The molecule has 0 bridgehead atoms. The van der Waals surface area contributed by atoms with Crippen LogP contribution in [0.5, 0.6) is 5.75 Å². The summed E-state index contributed by atoms with van der Waals surface area (Å²) in [6.07, 6.45) is 3.19. The van der Waals surface area contributed by atoms with Gasteiger partial charge in [0.15, 0.2) is 11.6 Å². The third-order valence-corrected chi connectivity index (χ3v) is 3.63. The molecule has 2 atom stereocenters. The highest BCUT2D eigenvalue weighted by Crippen LogP contribution is 2.24. The highest BCUT2D eigenvalue weighted by atomic mass is 19.1. The lowest BCUT2D eigenvalue weighted by Crippen LogP contribution is -2.41. The van der Waals surface area contributed by atoms with E-state index in [-0.39, 0.29) is 5.82 Å². The molecule has 0 amide bonds. The van der Waals surface area contributed by atoms with E-state index in [9.17, 15) is 4.39 Å². The van der Waals surface area contributed by atoms with Crippen LogP contribution in [0, 0.1) is 11.7 Å². The summed E-state index contributed by atoms with van der Waals surface area (Å²) >= 11 is 0. The number of hydrogen-bond acceptors (Lipinski definition) is 2. The summed E-state index contributed by atoms with van der Waals surface area (Å²) in [6.45, 7) is 3.27. The Balaban J connectivity index is 2.12. The van der Waals surface area contributed by atoms with Crippen LogP contribution in [0.25, 0.3) is 0 Å². The molecule has 94 valence electrons. The molecule has 1 aliphatic heterocycles. The summed E-state index contributed by atoms with van der Waals surface area (Å²) in [5.74, 6) is 0.731. The van der Waals surface area contributed by atoms with Crippen LogP contribution in [0.4, 0.5) is 4.39 Å². The number of nitrogens with one attached hydrogen (secondary N) is 1. The first kappa shape index (κ1) is 12.4. The van der Waals surface area contributed by atoms with Gasteiger partial charge in [-0.3, -0.25) is 0 Å². The normalized spacial score (nSPS) is 24.6. The van der Waals surface area contributed by atoms with Crippen molar-refractivity contribution in [1.29, 1.82) is 0 Å². The van der Waals surface area contributed by atoms with Crippen LogP contribution < -0.4 is 10.1 Å². The lowest BCUT2D eigenvalue weighted by atomic mass is 9.88. The zero-order valence-electron chi connectivity index (χ0n) is 10.5. The van der Waals surface area contributed by atoms with Crippen molar-refractivity contribution in [2.24, 2.45) is 5.92 Å². The fraction of sp³-hybridized carbons (Fsp3) is 0.571. The van der Waals surface area contributed by atoms with Crippen LogP contribution in [-0.4, -0.2) is 19.7 Å². The second-order valence-corrected chi connectivity index (χ2v) is 4.82. The van der Waals surface area contributed by atoms with Crippen molar-refractivity contribution in [3.8, 4) is 5.75 Å². The average Bonchev–Trinajstić information content (AvgIpc) is 2.34. The van der Waals surface area contributed by atoms with Gasteiger partial charge in [0.2, 0.25) is 0 Å². The first-order valence-corrected chi connectivity index (χ1v) is 6.27. The fourth-order valence-electron chi connectivity index (χ4n) is 2.50. The van der Waals surface area contributed by atoms with Crippen molar-refractivity contribution >= 4 is 0 Å². The van der Waals surface area contributed by atoms with Crippen molar-refractivity contribution in [3.05, 3.63) is 29.6 Å². The Bertz CT molecular complexity index is 380. The zero-order valence-corrected chi connectivity index (χ0v) is 10.5. The SMILES string of the molecule is COc1cccc(CC2NCCCC2C)c1F. The van der Waals surface area contributed by atoms with Gasteiger partial charge in [0.05, 0.1) is 7.11 Å². The molecule has 0 saturated carbocycles. The lowest BCUT2D eigenvalue weighted by molar-refractivity contribution is 0.295. The average molecular weight is 237 g/mol. The number of halogens is 1. The Hall–Kier alpha value is -1.09. The third-order valence-electron chi connectivity index (χ3n) is 3.63. The highest BCUT2D eigenvalue weighted by Gasteiger charge is 2.22. The Morgan fingerprint density at radius 3 is 3.00 bits per heavy atom. The summed E-state index contributed by atoms with van der Waals surface area (Å²) in [6, 6.07) is 5.74. The second kappa shape index (κ2) is 5.50. The van der Waals surface area contributed by atoms with E-state index < -0.39 is 0 Å². The maximum atomic E-state index is 14.0. The van der Waals surface area contributed by atoms with Crippen LogP contribution in [-0.2, 0) is 6.42 Å². The molecule has 1 fully saturated rings. The Morgan fingerprint density at radius 2 is 2.29 bits per heavy atom. The van der Waals surface area contributed by atoms with Crippen molar-refractivity contribution in [3.63, 3.8) is 0 Å². The van der Waals surface area contributed by atoms with E-state index in [0.717, 1.165) is 18.5 Å². The quantitative estimate of drug-likeness (QED) is 0.872. The van der Waals surface area contributed by atoms with Crippen molar-refractivity contribution in [2.75, 3.05) is 13.7 Å². The molecule has 1 aromatic rings. The van der Waals surface area contributed by atoms with Crippen molar-refractivity contribution in [1.82, 2.24) is 5.32 Å². The summed E-state index contributed by atoms with van der Waals surface area (Å²) in [7, 11) is 1.50. The van der Waals surface area contributed by atoms with Crippen molar-refractivity contribution in [2.45, 2.75) is 32.2 Å². The highest BCUT2D eigenvalue weighted by molar-refractivity contribution is 5.31. The first-order valence-electron chi connectivity index (χ1n) is 6.27. The number of piperidine rings is 1. The maximum Gasteiger partial charge on any atom is 0.168 e. The number of ether oxygens (including phenoxy) is 1. The minimum absolute atomic E-state index is 0.213. The lowest BCUT2D eigenvalue weighted by Gasteiger charge is -2.30.